The Balaban J connectivity index is 1.64. The molecule has 1 aromatic carbocycles. The number of thiophene rings is 1. The van der Waals surface area contributed by atoms with Crippen LogP contribution in [0.3, 0.4) is 0 Å². The van der Waals surface area contributed by atoms with Crippen LogP contribution in [0.25, 0.3) is 0 Å². The third kappa shape index (κ3) is 3.48. The molecule has 0 spiro atoms. The lowest BCUT2D eigenvalue weighted by Crippen LogP contribution is -2.38. The number of rotatable bonds is 5. The van der Waals surface area contributed by atoms with Gasteiger partial charge in [-0.1, -0.05) is 39.3 Å². The summed E-state index contributed by atoms with van der Waals surface area (Å²) >= 11 is 1.71. The van der Waals surface area contributed by atoms with E-state index in [1.165, 1.54) is 10.4 Å². The van der Waals surface area contributed by atoms with Gasteiger partial charge in [0.2, 0.25) is 0 Å². The summed E-state index contributed by atoms with van der Waals surface area (Å²) < 4.78 is 5.50. The summed E-state index contributed by atoms with van der Waals surface area (Å²) in [6, 6.07) is 5.38. The number of carbonyl (C=O) groups excluding carboxylic acids is 1. The molecule has 1 aliphatic carbocycles. The highest BCUT2D eigenvalue weighted by Gasteiger charge is 2.37. The van der Waals surface area contributed by atoms with Crippen LogP contribution in [0.2, 0.25) is 0 Å². The molecule has 2 atom stereocenters. The van der Waals surface area contributed by atoms with E-state index < -0.39 is 6.17 Å². The fraction of sp³-hybridized carbons (Fsp3) is 0.522. The minimum Gasteiger partial charge on any atom is -0.504 e. The maximum atomic E-state index is 13.0. The van der Waals surface area contributed by atoms with Gasteiger partial charge in [0.1, 0.15) is 11.2 Å². The van der Waals surface area contributed by atoms with Gasteiger partial charge in [-0.25, -0.2) is 0 Å². The fourth-order valence-corrected chi connectivity index (χ4v) is 5.81. The predicted octanol–water partition coefficient (Wildman–Crippen LogP) is 5.25. The second-order valence-corrected chi connectivity index (χ2v) is 9.77. The van der Waals surface area contributed by atoms with E-state index in [2.05, 4.69) is 31.4 Å². The van der Waals surface area contributed by atoms with Crippen molar-refractivity contribution in [3.8, 4) is 11.5 Å². The van der Waals surface area contributed by atoms with Crippen molar-refractivity contribution in [3.63, 3.8) is 0 Å². The van der Waals surface area contributed by atoms with Crippen molar-refractivity contribution in [3.05, 3.63) is 39.8 Å². The van der Waals surface area contributed by atoms with Crippen molar-refractivity contribution in [2.24, 2.45) is 11.3 Å². The maximum Gasteiger partial charge on any atom is 0.256 e. The van der Waals surface area contributed by atoms with E-state index in [-0.39, 0.29) is 11.7 Å². The Kier molecular flexibility index (Phi) is 5.23. The Morgan fingerprint density at radius 1 is 1.28 bits per heavy atom. The zero-order valence-electron chi connectivity index (χ0n) is 17.6. The number of para-hydroxylation sites is 1. The van der Waals surface area contributed by atoms with Gasteiger partial charge < -0.3 is 20.5 Å². The number of hydrogen-bond donors (Lipinski definition) is 3. The van der Waals surface area contributed by atoms with Crippen molar-refractivity contribution in [1.82, 2.24) is 5.32 Å². The number of aromatic hydroxyl groups is 1. The minimum atomic E-state index is -0.474. The lowest BCUT2D eigenvalue weighted by molar-refractivity contribution is 0.0934. The normalized spacial score (nSPS) is 21.0. The van der Waals surface area contributed by atoms with Crippen LogP contribution in [0.4, 0.5) is 5.00 Å². The van der Waals surface area contributed by atoms with Crippen molar-refractivity contribution >= 4 is 22.2 Å². The Labute approximate surface area is 176 Å². The van der Waals surface area contributed by atoms with E-state index in [0.717, 1.165) is 36.2 Å². The van der Waals surface area contributed by atoms with Gasteiger partial charge in [-0.05, 0) is 49.1 Å². The first-order valence-electron chi connectivity index (χ1n) is 10.5. The molecule has 5 nitrogen and oxygen atoms in total. The van der Waals surface area contributed by atoms with Crippen LogP contribution in [-0.4, -0.2) is 17.6 Å². The molecule has 2 aromatic rings. The quantitative estimate of drug-likeness (QED) is 0.625. The Morgan fingerprint density at radius 3 is 2.79 bits per heavy atom. The molecule has 2 aliphatic rings. The van der Waals surface area contributed by atoms with Crippen LogP contribution in [0.5, 0.6) is 11.5 Å². The number of benzene rings is 1. The summed E-state index contributed by atoms with van der Waals surface area (Å²) in [7, 11) is 0. The average Bonchev–Trinajstić information content (AvgIpc) is 3.07. The molecule has 0 bridgehead atoms. The zero-order valence-corrected chi connectivity index (χ0v) is 18.4. The summed E-state index contributed by atoms with van der Waals surface area (Å²) in [6.45, 7) is 9.31. The van der Waals surface area contributed by atoms with Gasteiger partial charge in [0.15, 0.2) is 11.5 Å². The average molecular weight is 415 g/mol. The van der Waals surface area contributed by atoms with Crippen molar-refractivity contribution in [2.75, 3.05) is 11.9 Å². The molecule has 0 saturated heterocycles. The van der Waals surface area contributed by atoms with Gasteiger partial charge in [0, 0.05) is 10.4 Å². The van der Waals surface area contributed by atoms with Crippen LogP contribution in [0.15, 0.2) is 18.2 Å². The van der Waals surface area contributed by atoms with E-state index in [0.29, 0.717) is 29.3 Å². The van der Waals surface area contributed by atoms with Crippen LogP contribution < -0.4 is 15.4 Å². The lowest BCUT2D eigenvalue weighted by Gasteiger charge is -2.36. The predicted molar refractivity (Wildman–Crippen MR) is 117 cm³/mol. The molecule has 0 fully saturated rings. The second kappa shape index (κ2) is 7.56. The van der Waals surface area contributed by atoms with E-state index in [1.807, 2.05) is 19.1 Å². The van der Waals surface area contributed by atoms with E-state index in [1.54, 1.807) is 17.4 Å². The molecule has 1 aromatic heterocycles. The molecule has 0 radical (unpaired) electrons. The Morgan fingerprint density at radius 2 is 2.07 bits per heavy atom. The molecular formula is C23H30N2O3S. The molecule has 29 heavy (non-hydrogen) atoms. The highest BCUT2D eigenvalue weighted by atomic mass is 32.1. The SMILES string of the molecule is CCOc1cccc([C@H]2NC(=O)c3c(sc4c3CC[C@H](C(C)(C)CC)C4)N2)c1O. The number of amides is 1. The third-order valence-electron chi connectivity index (χ3n) is 6.70. The number of fused-ring (bicyclic) bond motifs is 3. The first-order chi connectivity index (χ1) is 13.9. The Bertz CT molecular complexity index is 934. The van der Waals surface area contributed by atoms with E-state index >= 15 is 0 Å². The summed E-state index contributed by atoms with van der Waals surface area (Å²) in [6.07, 6.45) is 3.82. The van der Waals surface area contributed by atoms with Gasteiger partial charge in [-0.2, -0.15) is 0 Å². The topological polar surface area (TPSA) is 70.6 Å². The minimum absolute atomic E-state index is 0.0596. The molecule has 4 rings (SSSR count). The van der Waals surface area contributed by atoms with Gasteiger partial charge >= 0.3 is 0 Å². The molecule has 156 valence electrons. The van der Waals surface area contributed by atoms with Crippen molar-refractivity contribution in [1.29, 1.82) is 0 Å². The summed E-state index contributed by atoms with van der Waals surface area (Å²) in [4.78, 5) is 14.3. The largest absolute Gasteiger partial charge is 0.504 e. The van der Waals surface area contributed by atoms with Crippen LogP contribution in [0.1, 0.15) is 73.1 Å². The first-order valence-corrected chi connectivity index (χ1v) is 11.3. The fourth-order valence-electron chi connectivity index (χ4n) is 4.45. The van der Waals surface area contributed by atoms with Gasteiger partial charge in [0.25, 0.3) is 5.91 Å². The number of phenols is 1. The number of ether oxygens (including phenoxy) is 1. The molecule has 0 saturated carbocycles. The Hall–Kier alpha value is -2.21. The molecule has 6 heteroatoms. The molecule has 1 amide bonds. The zero-order chi connectivity index (χ0) is 20.8. The molecule has 0 unspecified atom stereocenters. The van der Waals surface area contributed by atoms with Crippen molar-refractivity contribution < 1.29 is 14.6 Å². The summed E-state index contributed by atoms with van der Waals surface area (Å²) in [5, 5.41) is 18.0. The smallest absolute Gasteiger partial charge is 0.256 e. The standard InChI is InChI=1S/C23H30N2O3S/c1-5-23(3,4)13-10-11-14-17(12-13)29-22-18(14)21(27)24-20(25-22)15-8-7-9-16(19(15)26)28-6-2/h7-9,13,20,25-26H,5-6,10-12H2,1-4H3,(H,24,27)/t13-,20-/m0/s1. The number of carbonyl (C=O) groups is 1. The van der Waals surface area contributed by atoms with E-state index in [4.69, 9.17) is 4.74 Å². The first kappa shape index (κ1) is 20.1. The second-order valence-electron chi connectivity index (χ2n) is 8.67. The molecule has 2 heterocycles. The third-order valence-corrected chi connectivity index (χ3v) is 7.89. The number of anilines is 1. The van der Waals surface area contributed by atoms with Gasteiger partial charge in [-0.15, -0.1) is 11.3 Å². The van der Waals surface area contributed by atoms with Gasteiger partial charge in [-0.3, -0.25) is 4.79 Å². The number of hydrogen-bond acceptors (Lipinski definition) is 5. The highest BCUT2D eigenvalue weighted by molar-refractivity contribution is 7.16. The number of nitrogens with one attached hydrogen (secondary N) is 2. The van der Waals surface area contributed by atoms with Crippen LogP contribution in [0, 0.1) is 11.3 Å². The lowest BCUT2D eigenvalue weighted by atomic mass is 9.69. The molecule has 1 aliphatic heterocycles. The van der Waals surface area contributed by atoms with Crippen LogP contribution >= 0.6 is 11.3 Å². The highest BCUT2D eigenvalue weighted by Crippen LogP contribution is 2.47. The molecule has 3 N–H and O–H groups in total. The van der Waals surface area contributed by atoms with E-state index in [9.17, 15) is 9.90 Å². The van der Waals surface area contributed by atoms with Crippen LogP contribution in [-0.2, 0) is 12.8 Å². The maximum absolute atomic E-state index is 13.0. The summed E-state index contributed by atoms with van der Waals surface area (Å²) in [5.41, 5.74) is 2.94. The molecular weight excluding hydrogens is 384 g/mol. The number of phenolic OH excluding ortho intramolecular Hbond substituents is 1. The summed E-state index contributed by atoms with van der Waals surface area (Å²) in [5.74, 6) is 1.09. The van der Waals surface area contributed by atoms with Gasteiger partial charge in [0.05, 0.1) is 12.2 Å². The monoisotopic (exact) mass is 414 g/mol. The van der Waals surface area contributed by atoms with Crippen molar-refractivity contribution in [2.45, 2.75) is 59.5 Å².